The number of hydrogen-bond donors (Lipinski definition) is 0. The summed E-state index contributed by atoms with van der Waals surface area (Å²) in [5.74, 6) is 0.314. The topological polar surface area (TPSA) is 35.5 Å². The molecular formula is C22H28FNO2S. The van der Waals surface area contributed by atoms with E-state index in [2.05, 4.69) is 18.7 Å². The van der Waals surface area contributed by atoms with E-state index in [4.69, 9.17) is 4.74 Å². The summed E-state index contributed by atoms with van der Waals surface area (Å²) in [6.45, 7) is 5.09. The van der Waals surface area contributed by atoms with E-state index in [1.807, 2.05) is 30.3 Å². The maximum Gasteiger partial charge on any atom is 0.180 e. The van der Waals surface area contributed by atoms with Crippen molar-refractivity contribution in [3.8, 4) is 5.75 Å². The zero-order valence-electron chi connectivity index (χ0n) is 16.3. The highest BCUT2D eigenvalue weighted by Gasteiger charge is 2.41. The molecule has 5 heteroatoms. The van der Waals surface area contributed by atoms with Crippen molar-refractivity contribution in [2.24, 2.45) is 5.41 Å². The third kappa shape index (κ3) is 4.09. The lowest BCUT2D eigenvalue weighted by atomic mass is 9.81. The van der Waals surface area contributed by atoms with Gasteiger partial charge in [0.05, 0.1) is 7.11 Å². The molecule has 0 radical (unpaired) electrons. The number of ether oxygens (including phenoxy) is 1. The number of benzene rings is 2. The molecule has 0 saturated carbocycles. The maximum atomic E-state index is 14.6. The molecule has 2 aromatic carbocycles. The fourth-order valence-corrected chi connectivity index (χ4v) is 5.62. The Morgan fingerprint density at radius 3 is 2.59 bits per heavy atom. The van der Waals surface area contributed by atoms with Gasteiger partial charge in [-0.3, -0.25) is 0 Å². The van der Waals surface area contributed by atoms with Gasteiger partial charge in [0.2, 0.25) is 0 Å². The van der Waals surface area contributed by atoms with Crippen LogP contribution in [0.4, 0.5) is 15.8 Å². The van der Waals surface area contributed by atoms with Gasteiger partial charge in [-0.15, -0.1) is 0 Å². The third-order valence-corrected chi connectivity index (χ3v) is 7.27. The minimum absolute atomic E-state index is 0.0700. The van der Waals surface area contributed by atoms with Gasteiger partial charge in [0.25, 0.3) is 0 Å². The van der Waals surface area contributed by atoms with Gasteiger partial charge in [0, 0.05) is 29.8 Å². The summed E-state index contributed by atoms with van der Waals surface area (Å²) < 4.78 is 33.0. The van der Waals surface area contributed by atoms with Crippen LogP contribution < -0.4 is 9.64 Å². The molecule has 0 aliphatic carbocycles. The largest absolute Gasteiger partial charge is 0.611 e. The highest BCUT2D eigenvalue weighted by atomic mass is 32.2. The Balaban J connectivity index is 2.15. The van der Waals surface area contributed by atoms with E-state index in [0.29, 0.717) is 16.3 Å². The summed E-state index contributed by atoms with van der Waals surface area (Å²) in [4.78, 5) is 2.80. The average molecular weight is 390 g/mol. The molecule has 1 aliphatic rings. The third-order valence-electron chi connectivity index (χ3n) is 5.58. The molecule has 0 saturated heterocycles. The molecule has 2 atom stereocenters. The molecule has 1 heterocycles. The lowest BCUT2D eigenvalue weighted by Crippen LogP contribution is -2.37. The summed E-state index contributed by atoms with van der Waals surface area (Å²) in [6.07, 6.45) is 4.16. The Labute approximate surface area is 164 Å². The van der Waals surface area contributed by atoms with Crippen molar-refractivity contribution in [1.82, 2.24) is 0 Å². The highest BCUT2D eigenvalue weighted by Crippen LogP contribution is 2.45. The number of unbranched alkanes of at least 4 members (excludes halogenated alkanes) is 1. The molecule has 2 aromatic rings. The molecule has 146 valence electrons. The zero-order valence-corrected chi connectivity index (χ0v) is 17.2. The second-order valence-corrected chi connectivity index (χ2v) is 8.74. The number of halogens is 1. The number of methoxy groups -OCH3 is 1. The SMILES string of the molecule is CCCCC1(CC)CN(c2ccccc2)c2cc(F)c(OC)cc2[S+]([O-])C1. The van der Waals surface area contributed by atoms with Crippen molar-refractivity contribution in [2.75, 3.05) is 24.3 Å². The highest BCUT2D eigenvalue weighted by molar-refractivity contribution is 7.91. The monoisotopic (exact) mass is 389 g/mol. The minimum Gasteiger partial charge on any atom is -0.611 e. The van der Waals surface area contributed by atoms with Crippen molar-refractivity contribution in [1.29, 1.82) is 0 Å². The normalized spacial score (nSPS) is 22.3. The van der Waals surface area contributed by atoms with Crippen LogP contribution in [0.2, 0.25) is 0 Å². The van der Waals surface area contributed by atoms with Crippen LogP contribution in [0.3, 0.4) is 0 Å². The first kappa shape index (κ1) is 20.0. The molecule has 27 heavy (non-hydrogen) atoms. The molecule has 0 N–H and O–H groups in total. The van der Waals surface area contributed by atoms with Crippen molar-refractivity contribution in [3.05, 3.63) is 48.3 Å². The summed E-state index contributed by atoms with van der Waals surface area (Å²) in [7, 11) is 1.44. The maximum absolute atomic E-state index is 14.6. The molecule has 0 fully saturated rings. The van der Waals surface area contributed by atoms with Gasteiger partial charge in [-0.05, 0) is 36.2 Å². The first-order valence-electron chi connectivity index (χ1n) is 9.62. The Bertz CT molecular complexity index is 770. The van der Waals surface area contributed by atoms with Gasteiger partial charge in [0.15, 0.2) is 16.5 Å². The first-order chi connectivity index (χ1) is 13.0. The van der Waals surface area contributed by atoms with E-state index in [-0.39, 0.29) is 11.2 Å². The predicted octanol–water partition coefficient (Wildman–Crippen LogP) is 5.68. The second-order valence-electron chi connectivity index (χ2n) is 7.32. The standard InChI is InChI=1S/C22H28FNO2S/c1-4-6-12-22(5-2)15-24(17-10-8-7-9-11-17)19-13-18(23)20(26-3)14-21(19)27(25)16-22/h7-11,13-14H,4-6,12,15-16H2,1-3H3. The minimum atomic E-state index is -1.21. The van der Waals surface area contributed by atoms with Crippen LogP contribution in [0.1, 0.15) is 39.5 Å². The van der Waals surface area contributed by atoms with Crippen molar-refractivity contribution in [3.63, 3.8) is 0 Å². The van der Waals surface area contributed by atoms with E-state index in [1.54, 1.807) is 6.07 Å². The van der Waals surface area contributed by atoms with Crippen molar-refractivity contribution >= 4 is 22.6 Å². The summed E-state index contributed by atoms with van der Waals surface area (Å²) in [6, 6.07) is 13.1. The lowest BCUT2D eigenvalue weighted by Gasteiger charge is -2.35. The van der Waals surface area contributed by atoms with Crippen LogP contribution in [0.25, 0.3) is 0 Å². The molecule has 3 rings (SSSR count). The predicted molar refractivity (Wildman–Crippen MR) is 110 cm³/mol. The van der Waals surface area contributed by atoms with Crippen LogP contribution in [-0.2, 0) is 11.2 Å². The molecule has 2 unspecified atom stereocenters. The molecule has 0 bridgehead atoms. The fourth-order valence-electron chi connectivity index (χ4n) is 3.83. The van der Waals surface area contributed by atoms with Gasteiger partial charge in [0.1, 0.15) is 11.4 Å². The first-order valence-corrected chi connectivity index (χ1v) is 10.9. The van der Waals surface area contributed by atoms with Gasteiger partial charge in [-0.25, -0.2) is 4.39 Å². The number of fused-ring (bicyclic) bond motifs is 1. The number of hydrogen-bond acceptors (Lipinski definition) is 3. The number of para-hydroxylation sites is 1. The van der Waals surface area contributed by atoms with E-state index >= 15 is 0 Å². The van der Waals surface area contributed by atoms with Crippen LogP contribution in [-0.4, -0.2) is 24.0 Å². The fraction of sp³-hybridized carbons (Fsp3) is 0.455. The van der Waals surface area contributed by atoms with Crippen molar-refractivity contribution < 1.29 is 13.7 Å². The van der Waals surface area contributed by atoms with Crippen LogP contribution in [0, 0.1) is 11.2 Å². The smallest absolute Gasteiger partial charge is 0.180 e. The Hall–Kier alpha value is -1.72. The number of nitrogens with zero attached hydrogens (tertiary/aromatic N) is 1. The molecular weight excluding hydrogens is 361 g/mol. The molecule has 0 amide bonds. The van der Waals surface area contributed by atoms with Crippen LogP contribution >= 0.6 is 0 Å². The lowest BCUT2D eigenvalue weighted by molar-refractivity contribution is 0.290. The van der Waals surface area contributed by atoms with E-state index in [9.17, 15) is 8.94 Å². The molecule has 0 aromatic heterocycles. The van der Waals surface area contributed by atoms with E-state index in [1.165, 1.54) is 13.2 Å². The van der Waals surface area contributed by atoms with Gasteiger partial charge >= 0.3 is 0 Å². The van der Waals surface area contributed by atoms with Gasteiger partial charge in [-0.1, -0.05) is 44.9 Å². The van der Waals surface area contributed by atoms with Gasteiger partial charge < -0.3 is 14.2 Å². The van der Waals surface area contributed by atoms with E-state index < -0.39 is 17.0 Å². The Morgan fingerprint density at radius 2 is 1.96 bits per heavy atom. The summed E-state index contributed by atoms with van der Waals surface area (Å²) >= 11 is -1.21. The van der Waals surface area contributed by atoms with Crippen LogP contribution in [0.5, 0.6) is 5.75 Å². The van der Waals surface area contributed by atoms with Crippen molar-refractivity contribution in [2.45, 2.75) is 44.4 Å². The number of anilines is 2. The average Bonchev–Trinajstić information content (AvgIpc) is 2.81. The second kappa shape index (κ2) is 8.53. The number of rotatable bonds is 6. The summed E-state index contributed by atoms with van der Waals surface area (Å²) in [5, 5.41) is 0. The Kier molecular flexibility index (Phi) is 6.33. The quantitative estimate of drug-likeness (QED) is 0.596. The van der Waals surface area contributed by atoms with Gasteiger partial charge in [-0.2, -0.15) is 0 Å². The molecule has 0 spiro atoms. The van der Waals surface area contributed by atoms with E-state index in [0.717, 1.165) is 37.9 Å². The van der Waals surface area contributed by atoms with Crippen LogP contribution in [0.15, 0.2) is 47.4 Å². The zero-order chi connectivity index (χ0) is 19.4. The Morgan fingerprint density at radius 1 is 1.22 bits per heavy atom. The summed E-state index contributed by atoms with van der Waals surface area (Å²) in [5.41, 5.74) is 1.61. The molecule has 1 aliphatic heterocycles. The molecule has 3 nitrogen and oxygen atoms in total.